The highest BCUT2D eigenvalue weighted by Crippen LogP contribution is 2.35. The van der Waals surface area contributed by atoms with Gasteiger partial charge >= 0.3 is 0 Å². The molecule has 0 spiro atoms. The third kappa shape index (κ3) is 4.20. The van der Waals surface area contributed by atoms with Crippen molar-refractivity contribution in [3.05, 3.63) is 59.4 Å². The van der Waals surface area contributed by atoms with Crippen LogP contribution in [-0.4, -0.2) is 52.1 Å². The molecule has 0 fully saturated rings. The van der Waals surface area contributed by atoms with Gasteiger partial charge in [-0.25, -0.2) is 4.68 Å². The fourth-order valence-electron chi connectivity index (χ4n) is 2.98. The van der Waals surface area contributed by atoms with Crippen LogP contribution in [0.4, 0.5) is 0 Å². The number of fused-ring (bicyclic) bond motifs is 1. The van der Waals surface area contributed by atoms with Crippen LogP contribution < -0.4 is 19.5 Å². The molecule has 1 aromatic heterocycles. The van der Waals surface area contributed by atoms with Crippen molar-refractivity contribution in [1.29, 1.82) is 0 Å². The second-order valence-corrected chi connectivity index (χ2v) is 6.96. The number of aliphatic hydroxyl groups excluding tert-OH is 1. The van der Waals surface area contributed by atoms with E-state index in [-0.39, 0.29) is 25.6 Å². The summed E-state index contributed by atoms with van der Waals surface area (Å²) in [5.41, 5.74) is 2.77. The molecule has 0 saturated heterocycles. The molecule has 156 valence electrons. The van der Waals surface area contributed by atoms with Crippen LogP contribution in [0.3, 0.4) is 0 Å². The van der Waals surface area contributed by atoms with Crippen LogP contribution >= 0.6 is 0 Å². The van der Waals surface area contributed by atoms with Gasteiger partial charge in [0.05, 0.1) is 11.4 Å². The number of benzene rings is 2. The minimum absolute atomic E-state index is 0.00889. The van der Waals surface area contributed by atoms with E-state index < -0.39 is 12.0 Å². The molecule has 30 heavy (non-hydrogen) atoms. The van der Waals surface area contributed by atoms with Crippen LogP contribution in [0.2, 0.25) is 0 Å². The SMILES string of the molecule is Cc1ccc(-n2nnc(C(=O)NCC(O)COc3ccc4c(c3)OCO4)c2C)cc1. The van der Waals surface area contributed by atoms with Crippen LogP contribution in [0.25, 0.3) is 5.69 Å². The first kappa shape index (κ1) is 19.7. The summed E-state index contributed by atoms with van der Waals surface area (Å²) >= 11 is 0. The first-order chi connectivity index (χ1) is 14.5. The molecule has 9 heteroatoms. The van der Waals surface area contributed by atoms with E-state index >= 15 is 0 Å². The Morgan fingerprint density at radius 3 is 2.77 bits per heavy atom. The summed E-state index contributed by atoms with van der Waals surface area (Å²) in [6.45, 7) is 3.98. The normalized spacial score (nSPS) is 13.2. The Kier molecular flexibility index (Phi) is 5.53. The van der Waals surface area contributed by atoms with E-state index in [4.69, 9.17) is 14.2 Å². The molecule has 2 aromatic carbocycles. The maximum atomic E-state index is 12.5. The third-order valence-corrected chi connectivity index (χ3v) is 4.67. The Bertz CT molecular complexity index is 1050. The van der Waals surface area contributed by atoms with Gasteiger partial charge in [-0.3, -0.25) is 4.79 Å². The van der Waals surface area contributed by atoms with Gasteiger partial charge in [0.25, 0.3) is 5.91 Å². The van der Waals surface area contributed by atoms with Crippen molar-refractivity contribution in [2.24, 2.45) is 0 Å². The Morgan fingerprint density at radius 1 is 1.20 bits per heavy atom. The van der Waals surface area contributed by atoms with E-state index in [1.165, 1.54) is 0 Å². The number of carbonyl (C=O) groups is 1. The van der Waals surface area contributed by atoms with Gasteiger partial charge in [0.1, 0.15) is 18.5 Å². The molecule has 0 aliphatic carbocycles. The van der Waals surface area contributed by atoms with Gasteiger partial charge in [-0.1, -0.05) is 22.9 Å². The van der Waals surface area contributed by atoms with E-state index in [0.717, 1.165) is 11.3 Å². The zero-order chi connectivity index (χ0) is 21.1. The lowest BCUT2D eigenvalue weighted by Crippen LogP contribution is -2.35. The number of nitrogens with zero attached hydrogens (tertiary/aromatic N) is 3. The highest BCUT2D eigenvalue weighted by molar-refractivity contribution is 5.93. The average molecular weight is 410 g/mol. The predicted octanol–water partition coefficient (Wildman–Crippen LogP) is 1.78. The largest absolute Gasteiger partial charge is 0.491 e. The van der Waals surface area contributed by atoms with E-state index in [1.807, 2.05) is 31.2 Å². The summed E-state index contributed by atoms with van der Waals surface area (Å²) < 4.78 is 17.7. The fraction of sp³-hybridized carbons (Fsp3) is 0.286. The zero-order valence-electron chi connectivity index (χ0n) is 16.7. The number of hydrogen-bond donors (Lipinski definition) is 2. The van der Waals surface area contributed by atoms with Crippen molar-refractivity contribution in [2.75, 3.05) is 19.9 Å². The number of rotatable bonds is 7. The minimum atomic E-state index is -0.896. The standard InChI is InChI=1S/C21H22N4O5/c1-13-3-5-15(6-4-13)25-14(2)20(23-24-25)21(27)22-10-16(26)11-28-17-7-8-18-19(9-17)30-12-29-18/h3-9,16,26H,10-12H2,1-2H3,(H,22,27). The number of amides is 1. The van der Waals surface area contributed by atoms with E-state index in [1.54, 1.807) is 29.8 Å². The van der Waals surface area contributed by atoms with Gasteiger partial charge in [0.2, 0.25) is 6.79 Å². The first-order valence-corrected chi connectivity index (χ1v) is 9.49. The molecule has 1 amide bonds. The highest BCUT2D eigenvalue weighted by Gasteiger charge is 2.19. The molecular weight excluding hydrogens is 388 g/mol. The average Bonchev–Trinajstić information content (AvgIpc) is 3.37. The van der Waals surface area contributed by atoms with Crippen LogP contribution in [0.15, 0.2) is 42.5 Å². The van der Waals surface area contributed by atoms with Crippen LogP contribution in [0.1, 0.15) is 21.7 Å². The van der Waals surface area contributed by atoms with Gasteiger partial charge in [0.15, 0.2) is 17.2 Å². The molecule has 9 nitrogen and oxygen atoms in total. The Morgan fingerprint density at radius 2 is 1.97 bits per heavy atom. The number of aromatic nitrogens is 3. The van der Waals surface area contributed by atoms with E-state index in [0.29, 0.717) is 22.9 Å². The summed E-state index contributed by atoms with van der Waals surface area (Å²) in [7, 11) is 0. The number of aliphatic hydroxyl groups is 1. The predicted molar refractivity (Wildman–Crippen MR) is 107 cm³/mol. The number of carbonyl (C=O) groups excluding carboxylic acids is 1. The molecular formula is C21H22N4O5. The molecule has 3 aromatic rings. The molecule has 1 aliphatic rings. The maximum Gasteiger partial charge on any atom is 0.273 e. The topological polar surface area (TPSA) is 108 Å². The monoisotopic (exact) mass is 410 g/mol. The molecule has 0 bridgehead atoms. The molecule has 0 radical (unpaired) electrons. The minimum Gasteiger partial charge on any atom is -0.491 e. The van der Waals surface area contributed by atoms with Gasteiger partial charge in [-0.15, -0.1) is 5.10 Å². The first-order valence-electron chi connectivity index (χ1n) is 9.49. The van der Waals surface area contributed by atoms with Gasteiger partial charge in [-0.05, 0) is 38.1 Å². The van der Waals surface area contributed by atoms with Crippen molar-refractivity contribution in [2.45, 2.75) is 20.0 Å². The van der Waals surface area contributed by atoms with Crippen LogP contribution in [-0.2, 0) is 0 Å². The number of ether oxygens (including phenoxy) is 3. The Balaban J connectivity index is 1.30. The lowest BCUT2D eigenvalue weighted by Gasteiger charge is -2.13. The third-order valence-electron chi connectivity index (χ3n) is 4.67. The second kappa shape index (κ2) is 8.42. The van der Waals surface area contributed by atoms with Crippen molar-refractivity contribution in [1.82, 2.24) is 20.3 Å². The molecule has 1 unspecified atom stereocenters. The van der Waals surface area contributed by atoms with Crippen LogP contribution in [0.5, 0.6) is 17.2 Å². The highest BCUT2D eigenvalue weighted by atomic mass is 16.7. The molecule has 2 N–H and O–H groups in total. The molecule has 1 atom stereocenters. The van der Waals surface area contributed by atoms with Crippen molar-refractivity contribution in [3.63, 3.8) is 0 Å². The summed E-state index contributed by atoms with van der Waals surface area (Å²) in [6, 6.07) is 12.9. The van der Waals surface area contributed by atoms with E-state index in [9.17, 15) is 9.90 Å². The van der Waals surface area contributed by atoms with Crippen molar-refractivity contribution >= 4 is 5.91 Å². The molecule has 1 aliphatic heterocycles. The number of hydrogen-bond acceptors (Lipinski definition) is 7. The zero-order valence-corrected chi connectivity index (χ0v) is 16.7. The van der Waals surface area contributed by atoms with Gasteiger partial charge in [-0.2, -0.15) is 0 Å². The quantitative estimate of drug-likeness (QED) is 0.611. The van der Waals surface area contributed by atoms with Gasteiger partial charge < -0.3 is 24.6 Å². The van der Waals surface area contributed by atoms with Crippen molar-refractivity contribution in [3.8, 4) is 22.9 Å². The van der Waals surface area contributed by atoms with E-state index in [2.05, 4.69) is 15.6 Å². The maximum absolute atomic E-state index is 12.5. The molecule has 4 rings (SSSR count). The molecule has 0 saturated carbocycles. The Hall–Kier alpha value is -3.59. The second-order valence-electron chi connectivity index (χ2n) is 6.96. The fourth-order valence-corrected chi connectivity index (χ4v) is 2.98. The number of nitrogens with one attached hydrogen (secondary N) is 1. The summed E-state index contributed by atoms with van der Waals surface area (Å²) in [4.78, 5) is 12.5. The lowest BCUT2D eigenvalue weighted by atomic mass is 10.2. The Labute approximate surface area is 173 Å². The molecule has 2 heterocycles. The smallest absolute Gasteiger partial charge is 0.273 e. The summed E-state index contributed by atoms with van der Waals surface area (Å²) in [5, 5.41) is 20.8. The lowest BCUT2D eigenvalue weighted by molar-refractivity contribution is 0.0839. The summed E-state index contributed by atoms with van der Waals surface area (Å²) in [6.07, 6.45) is -0.896. The summed E-state index contributed by atoms with van der Waals surface area (Å²) in [5.74, 6) is 1.39. The van der Waals surface area contributed by atoms with Crippen molar-refractivity contribution < 1.29 is 24.1 Å². The van der Waals surface area contributed by atoms with Crippen LogP contribution in [0, 0.1) is 13.8 Å². The number of aryl methyl sites for hydroxylation is 1. The van der Waals surface area contributed by atoms with Gasteiger partial charge in [0, 0.05) is 12.6 Å².